The Labute approximate surface area is 325 Å². The number of nitrogens with zero attached hydrogens (tertiary/aromatic N) is 1. The number of carboxylic acids is 2. The van der Waals surface area contributed by atoms with Gasteiger partial charge in [-0.2, -0.15) is 0 Å². The summed E-state index contributed by atoms with van der Waals surface area (Å²) in [5.41, 5.74) is -4.38. The molecule has 2 aromatic rings. The van der Waals surface area contributed by atoms with Crippen molar-refractivity contribution in [2.75, 3.05) is 26.8 Å². The molecule has 2 saturated heterocycles. The zero-order valence-corrected chi connectivity index (χ0v) is 31.2. The van der Waals surface area contributed by atoms with Crippen molar-refractivity contribution in [3.05, 3.63) is 51.6 Å². The molecule has 0 bridgehead atoms. The van der Waals surface area contributed by atoms with Crippen LogP contribution < -0.4 is 4.74 Å². The van der Waals surface area contributed by atoms with Crippen molar-refractivity contribution in [3.8, 4) is 17.2 Å². The molecule has 18 heteroatoms. The Balaban J connectivity index is 1.37. The fourth-order valence-electron chi connectivity index (χ4n) is 8.12. The highest BCUT2D eigenvalue weighted by Crippen LogP contribution is 2.52. The summed E-state index contributed by atoms with van der Waals surface area (Å²) in [6.45, 7) is 1.90. The first kappa shape index (κ1) is 41.2. The van der Waals surface area contributed by atoms with Crippen LogP contribution in [0.5, 0.6) is 17.2 Å². The first-order chi connectivity index (χ1) is 27.0. The van der Waals surface area contributed by atoms with Crippen molar-refractivity contribution >= 4 is 41.2 Å². The molecule has 18 nitrogen and oxygen atoms in total. The third kappa shape index (κ3) is 8.21. The van der Waals surface area contributed by atoms with Gasteiger partial charge in [-0.05, 0) is 38.9 Å². The van der Waals surface area contributed by atoms with Gasteiger partial charge in [-0.15, -0.1) is 0 Å². The quantitative estimate of drug-likeness (QED) is 0.115. The van der Waals surface area contributed by atoms with E-state index in [1.807, 2.05) is 0 Å². The molecule has 2 aromatic carbocycles. The summed E-state index contributed by atoms with van der Waals surface area (Å²) in [5.74, 6) is -8.49. The van der Waals surface area contributed by atoms with E-state index in [4.69, 9.17) is 33.9 Å². The van der Waals surface area contributed by atoms with Crippen LogP contribution in [0.3, 0.4) is 0 Å². The number of rotatable bonds is 14. The van der Waals surface area contributed by atoms with Crippen LogP contribution >= 0.6 is 0 Å². The van der Waals surface area contributed by atoms with Crippen LogP contribution in [-0.4, -0.2) is 129 Å². The lowest BCUT2D eigenvalue weighted by Crippen LogP contribution is -2.56. The van der Waals surface area contributed by atoms with Gasteiger partial charge in [0.2, 0.25) is 11.6 Å². The van der Waals surface area contributed by atoms with Gasteiger partial charge in [0.15, 0.2) is 18.7 Å². The molecule has 0 spiro atoms. The van der Waals surface area contributed by atoms with E-state index in [1.54, 1.807) is 6.92 Å². The van der Waals surface area contributed by atoms with E-state index in [-0.39, 0.29) is 40.8 Å². The molecule has 0 unspecified atom stereocenters. The monoisotopic (exact) mass is 797 g/mol. The molecule has 0 radical (unpaired) electrons. The second-order valence-electron chi connectivity index (χ2n) is 14.6. The van der Waals surface area contributed by atoms with Crippen LogP contribution in [0.1, 0.15) is 107 Å². The van der Waals surface area contributed by atoms with Crippen LogP contribution in [0.15, 0.2) is 18.2 Å². The maximum atomic E-state index is 14.1. The van der Waals surface area contributed by atoms with Gasteiger partial charge in [0.05, 0.1) is 67.7 Å². The number of methoxy groups -OCH3 is 1. The van der Waals surface area contributed by atoms with Gasteiger partial charge in [-0.1, -0.05) is 12.1 Å². The number of fused-ring (bicyclic) bond motifs is 3. The Morgan fingerprint density at radius 1 is 0.895 bits per heavy atom. The minimum absolute atomic E-state index is 0.0366. The van der Waals surface area contributed by atoms with E-state index in [0.29, 0.717) is 13.1 Å². The van der Waals surface area contributed by atoms with Gasteiger partial charge in [-0.3, -0.25) is 38.5 Å². The molecule has 2 fully saturated rings. The second-order valence-corrected chi connectivity index (χ2v) is 14.6. The molecule has 6 rings (SSSR count). The Morgan fingerprint density at radius 3 is 2.19 bits per heavy atom. The Bertz CT molecular complexity index is 2000. The predicted molar refractivity (Wildman–Crippen MR) is 190 cm³/mol. The number of aliphatic carboxylic acids is 2. The third-order valence-electron chi connectivity index (χ3n) is 10.9. The molecule has 2 heterocycles. The molecule has 0 amide bonds. The number of hydrogen-bond acceptors (Lipinski definition) is 16. The van der Waals surface area contributed by atoms with Crippen LogP contribution in [0, 0.1) is 0 Å². The molecular formula is C39H43NO17. The second kappa shape index (κ2) is 16.6. The molecule has 2 aliphatic carbocycles. The van der Waals surface area contributed by atoms with E-state index in [0.717, 1.165) is 12.8 Å². The van der Waals surface area contributed by atoms with E-state index >= 15 is 0 Å². The molecule has 0 aromatic heterocycles. The normalized spacial score (nSPS) is 25.5. The highest BCUT2D eigenvalue weighted by molar-refractivity contribution is 6.31. The van der Waals surface area contributed by atoms with Crippen LogP contribution in [0.2, 0.25) is 0 Å². The number of Topliss-reactive ketones (excluding diaryl/α,β-unsaturated/α-hetero) is 1. The topological polar surface area (TPSA) is 270 Å². The SMILES string of the molecule is COc1cccc2c1C(=O)c1c(O)c3c(c(O)c1C2=O)C[C@@](O)(C(=O)COC(=O)CCC(=O)O)C[C@@H]3O[C@H]1C[C@H](N2CCCC2)[C@H](OC(=O)CCC(=O)O)[C@H](C)O1. The van der Waals surface area contributed by atoms with Gasteiger partial charge in [-0.25, -0.2) is 0 Å². The van der Waals surface area contributed by atoms with Crippen molar-refractivity contribution in [1.29, 1.82) is 0 Å². The number of ketones is 3. The standard InChI is InChI=1S/C39H43NO17/c1-18-38(57-28(47)11-9-26(44)45)21(40-12-3-4-13-40)14-29(55-18)56-23-16-39(52,24(41)17-54-27(46)10-8-25(42)43)15-20-31(23)37(51)33-32(35(20)49)34(48)19-6-5-7-22(53-2)30(19)36(33)50/h5-7,18,21,23,29,38,49,51-52H,3-4,8-17H2,1-2H3,(H,42,43)(H,44,45)/t18-,21-,23-,29-,38+,39-/m0/s1. The van der Waals surface area contributed by atoms with Crippen molar-refractivity contribution in [2.24, 2.45) is 0 Å². The number of carbonyl (C=O) groups excluding carboxylic acids is 5. The third-order valence-corrected chi connectivity index (χ3v) is 10.9. The van der Waals surface area contributed by atoms with Crippen LogP contribution in [0.25, 0.3) is 0 Å². The molecule has 57 heavy (non-hydrogen) atoms. The summed E-state index contributed by atoms with van der Waals surface area (Å²) in [6, 6.07) is 3.75. The summed E-state index contributed by atoms with van der Waals surface area (Å²) in [7, 11) is 1.29. The molecular weight excluding hydrogens is 754 g/mol. The van der Waals surface area contributed by atoms with Crippen molar-refractivity contribution in [1.82, 2.24) is 4.90 Å². The smallest absolute Gasteiger partial charge is 0.306 e. The van der Waals surface area contributed by atoms with E-state index < -0.39 is 139 Å². The number of phenols is 2. The number of aromatic hydroxyl groups is 2. The number of hydrogen-bond donors (Lipinski definition) is 5. The first-order valence-corrected chi connectivity index (χ1v) is 18.5. The average Bonchev–Trinajstić information content (AvgIpc) is 3.71. The van der Waals surface area contributed by atoms with Crippen molar-refractivity contribution in [3.63, 3.8) is 0 Å². The summed E-state index contributed by atoms with van der Waals surface area (Å²) < 4.78 is 28.7. The highest BCUT2D eigenvalue weighted by Gasteiger charge is 2.51. The van der Waals surface area contributed by atoms with E-state index in [1.165, 1.54) is 25.3 Å². The Morgan fingerprint density at radius 2 is 1.54 bits per heavy atom. The Kier molecular flexibility index (Phi) is 12.0. The zero-order chi connectivity index (χ0) is 41.3. The number of carbonyl (C=O) groups is 7. The first-order valence-electron chi connectivity index (χ1n) is 18.5. The molecule has 4 aliphatic rings. The number of likely N-dealkylation sites (tertiary alicyclic amines) is 1. The minimum Gasteiger partial charge on any atom is -0.507 e. The fraction of sp³-hybridized carbons (Fsp3) is 0.513. The number of aliphatic hydroxyl groups is 1. The van der Waals surface area contributed by atoms with Crippen LogP contribution in [-0.2, 0) is 49.3 Å². The van der Waals surface area contributed by atoms with E-state index in [2.05, 4.69) is 4.90 Å². The lowest BCUT2D eigenvalue weighted by molar-refractivity contribution is -0.261. The lowest BCUT2D eigenvalue weighted by Gasteiger charge is -2.45. The van der Waals surface area contributed by atoms with Gasteiger partial charge >= 0.3 is 23.9 Å². The van der Waals surface area contributed by atoms with Gasteiger partial charge in [0, 0.05) is 36.0 Å². The molecule has 6 atom stereocenters. The summed E-state index contributed by atoms with van der Waals surface area (Å²) in [6.07, 6.45) is -5.92. The fourth-order valence-corrected chi connectivity index (χ4v) is 8.12. The summed E-state index contributed by atoms with van der Waals surface area (Å²) in [5, 5.41) is 53.6. The van der Waals surface area contributed by atoms with E-state index in [9.17, 15) is 48.9 Å². The molecule has 5 N–H and O–H groups in total. The largest absolute Gasteiger partial charge is 0.507 e. The zero-order valence-electron chi connectivity index (χ0n) is 31.2. The molecule has 0 saturated carbocycles. The van der Waals surface area contributed by atoms with Crippen molar-refractivity contribution < 1.29 is 82.8 Å². The van der Waals surface area contributed by atoms with Gasteiger partial charge in [0.1, 0.15) is 29.0 Å². The molecule has 306 valence electrons. The molecule has 2 aliphatic heterocycles. The summed E-state index contributed by atoms with van der Waals surface area (Å²) in [4.78, 5) is 90.6. The number of carboxylic acid groups (broad SMARTS) is 2. The lowest BCUT2D eigenvalue weighted by atomic mass is 9.72. The highest BCUT2D eigenvalue weighted by atomic mass is 16.7. The Hall–Kier alpha value is -5.43. The van der Waals surface area contributed by atoms with Crippen LogP contribution in [0.4, 0.5) is 0 Å². The van der Waals surface area contributed by atoms with Crippen molar-refractivity contribution in [2.45, 2.75) is 101 Å². The van der Waals surface area contributed by atoms with Gasteiger partial charge < -0.3 is 49.2 Å². The number of ether oxygens (including phenoxy) is 5. The maximum Gasteiger partial charge on any atom is 0.306 e. The number of benzene rings is 2. The predicted octanol–water partition coefficient (Wildman–Crippen LogP) is 1.97. The number of esters is 2. The maximum absolute atomic E-state index is 14.1. The summed E-state index contributed by atoms with van der Waals surface area (Å²) >= 11 is 0. The number of phenolic OH excluding ortho intramolecular Hbond substituents is 2. The minimum atomic E-state index is -2.47. The van der Waals surface area contributed by atoms with Gasteiger partial charge in [0.25, 0.3) is 0 Å². The average molecular weight is 798 g/mol.